The Hall–Kier alpha value is 0.0249. The summed E-state index contributed by atoms with van der Waals surface area (Å²) >= 11 is 0. The summed E-state index contributed by atoms with van der Waals surface area (Å²) in [5, 5.41) is 0. The van der Waals surface area contributed by atoms with Crippen LogP contribution in [0.2, 0.25) is 0 Å². The first-order valence-electron chi connectivity index (χ1n) is 4.55. The number of rotatable bonds is 1. The first kappa shape index (κ1) is 13.6. The number of likely N-dealkylation sites (tertiary alicyclic amines) is 1. The number of hydrogen-bond acceptors (Lipinski definition) is 1. The first-order chi connectivity index (χ1) is 4.80. The van der Waals surface area contributed by atoms with Crippen LogP contribution in [-0.4, -0.2) is 32.4 Å². The lowest BCUT2D eigenvalue weighted by Gasteiger charge is -2.18. The summed E-state index contributed by atoms with van der Waals surface area (Å²) in [6, 6.07) is 0.775. The predicted octanol–water partition coefficient (Wildman–Crippen LogP) is 2.14. The molecule has 1 rings (SSSR count). The zero-order valence-corrected chi connectivity index (χ0v) is 8.43. The summed E-state index contributed by atoms with van der Waals surface area (Å²) in [6.45, 7) is 11.2. The second-order valence-corrected chi connectivity index (χ2v) is 2.84. The van der Waals surface area contributed by atoms with E-state index in [4.69, 9.17) is 0 Å². The van der Waals surface area contributed by atoms with Crippen LogP contribution < -0.4 is 0 Å². The maximum atomic E-state index is 2.53. The molecule has 0 N–H and O–H groups in total. The van der Waals surface area contributed by atoms with Crippen molar-refractivity contribution in [1.29, 1.82) is 0 Å². The van der Waals surface area contributed by atoms with E-state index in [1.54, 1.807) is 0 Å². The molecule has 2 heteroatoms. The Morgan fingerprint density at radius 1 is 1.00 bits per heavy atom. The van der Waals surface area contributed by atoms with Crippen molar-refractivity contribution in [3.05, 3.63) is 0 Å². The van der Waals surface area contributed by atoms with Gasteiger partial charge >= 0.3 is 0 Å². The van der Waals surface area contributed by atoms with Gasteiger partial charge in [-0.3, -0.25) is 0 Å². The minimum Gasteiger partial charge on any atom is -0.301 e. The van der Waals surface area contributed by atoms with E-state index >= 15 is 0 Å². The van der Waals surface area contributed by atoms with Crippen molar-refractivity contribution < 1.29 is 0 Å². The van der Waals surface area contributed by atoms with Gasteiger partial charge in [-0.2, -0.15) is 0 Å². The van der Waals surface area contributed by atoms with Gasteiger partial charge < -0.3 is 4.90 Å². The lowest BCUT2D eigenvalue weighted by Crippen LogP contribution is -2.26. The summed E-state index contributed by atoms with van der Waals surface area (Å²) in [4.78, 5) is 2.53. The second-order valence-electron chi connectivity index (χ2n) is 2.84. The Labute approximate surface area is 73.7 Å². The highest BCUT2D eigenvalue weighted by atomic mass is 15.2. The van der Waals surface area contributed by atoms with E-state index in [-0.39, 0.29) is 8.41 Å². The van der Waals surface area contributed by atoms with Gasteiger partial charge in [-0.1, -0.05) is 13.8 Å². The van der Waals surface area contributed by atoms with Crippen molar-refractivity contribution in [3.63, 3.8) is 0 Å². The summed E-state index contributed by atoms with van der Waals surface area (Å²) in [6.07, 6.45) is 2.83. The van der Waals surface area contributed by atoms with E-state index in [1.165, 1.54) is 25.9 Å². The average molecular weight is 154 g/mol. The predicted molar refractivity (Wildman–Crippen MR) is 53.0 cm³/mol. The summed E-state index contributed by atoms with van der Waals surface area (Å²) in [5.74, 6) is 0. The van der Waals surface area contributed by atoms with Crippen LogP contribution in [0.1, 0.15) is 40.5 Å². The lowest BCUT2D eigenvalue weighted by molar-refractivity contribution is 0.276. The van der Waals surface area contributed by atoms with Crippen molar-refractivity contribution in [1.82, 2.24) is 4.90 Å². The molecular formula is C9H21BN. The fourth-order valence-corrected chi connectivity index (χ4v) is 1.26. The zero-order chi connectivity index (χ0) is 7.98. The fraction of sp³-hybridized carbons (Fsp3) is 1.00. The van der Waals surface area contributed by atoms with Crippen LogP contribution in [0, 0.1) is 0 Å². The van der Waals surface area contributed by atoms with Crippen LogP contribution in [0.4, 0.5) is 0 Å². The maximum absolute atomic E-state index is 2.53. The maximum Gasteiger partial charge on any atom is 0.00385 e. The van der Waals surface area contributed by atoms with Crippen molar-refractivity contribution in [2.24, 2.45) is 0 Å². The molecular weight excluding hydrogens is 133 g/mol. The molecule has 1 aliphatic rings. The van der Waals surface area contributed by atoms with Gasteiger partial charge in [0.2, 0.25) is 0 Å². The zero-order valence-electron chi connectivity index (χ0n) is 8.43. The van der Waals surface area contributed by atoms with Crippen molar-refractivity contribution in [3.8, 4) is 0 Å². The highest BCUT2D eigenvalue weighted by Crippen LogP contribution is 2.09. The molecule has 1 nitrogen and oxygen atoms in total. The fourth-order valence-electron chi connectivity index (χ4n) is 1.26. The molecule has 0 saturated carbocycles. The van der Waals surface area contributed by atoms with E-state index in [9.17, 15) is 0 Å². The molecule has 0 unspecified atom stereocenters. The minimum atomic E-state index is 0. The molecule has 0 aromatic rings. The highest BCUT2D eigenvalue weighted by Gasteiger charge is 2.13. The standard InChI is InChI=1S/C7H15N.C2H6.B/c1-7(2)8-5-3-4-6-8;1-2;/h7H,3-6H2,1-2H3;1-2H3;. The van der Waals surface area contributed by atoms with Gasteiger partial charge in [0.25, 0.3) is 0 Å². The molecule has 0 aromatic carbocycles. The van der Waals surface area contributed by atoms with Crippen LogP contribution in [0.5, 0.6) is 0 Å². The van der Waals surface area contributed by atoms with E-state index < -0.39 is 0 Å². The van der Waals surface area contributed by atoms with Gasteiger partial charge in [0.05, 0.1) is 0 Å². The van der Waals surface area contributed by atoms with Crippen molar-refractivity contribution in [2.45, 2.75) is 46.6 Å². The van der Waals surface area contributed by atoms with Gasteiger partial charge in [-0.25, -0.2) is 0 Å². The smallest absolute Gasteiger partial charge is 0.00385 e. The Kier molecular flexibility index (Phi) is 10.0. The third-order valence-electron chi connectivity index (χ3n) is 1.87. The molecule has 3 radical (unpaired) electrons. The largest absolute Gasteiger partial charge is 0.301 e. The highest BCUT2D eigenvalue weighted by molar-refractivity contribution is 5.75. The van der Waals surface area contributed by atoms with Gasteiger partial charge in [0.15, 0.2) is 0 Å². The molecule has 1 aliphatic heterocycles. The van der Waals surface area contributed by atoms with Crippen molar-refractivity contribution >= 4 is 8.41 Å². The SMILES string of the molecule is CC.CC(C)N1CCCC1.[B]. The first-order valence-corrected chi connectivity index (χ1v) is 4.55. The molecule has 0 aliphatic carbocycles. The Balaban J connectivity index is 0. The summed E-state index contributed by atoms with van der Waals surface area (Å²) in [7, 11) is 0. The minimum absolute atomic E-state index is 0. The van der Waals surface area contributed by atoms with Crippen LogP contribution in [0.15, 0.2) is 0 Å². The van der Waals surface area contributed by atoms with E-state index in [2.05, 4.69) is 18.7 Å². The normalized spacial score (nSPS) is 17.2. The summed E-state index contributed by atoms with van der Waals surface area (Å²) < 4.78 is 0. The van der Waals surface area contributed by atoms with E-state index in [1.807, 2.05) is 13.8 Å². The molecule has 0 atom stereocenters. The van der Waals surface area contributed by atoms with E-state index in [0.717, 1.165) is 6.04 Å². The molecule has 0 spiro atoms. The molecule has 1 saturated heterocycles. The van der Waals surface area contributed by atoms with Crippen molar-refractivity contribution in [2.75, 3.05) is 13.1 Å². The van der Waals surface area contributed by atoms with Crippen LogP contribution in [-0.2, 0) is 0 Å². The molecule has 65 valence electrons. The Morgan fingerprint density at radius 2 is 1.36 bits per heavy atom. The molecule has 1 heterocycles. The number of hydrogen-bond donors (Lipinski definition) is 0. The number of nitrogens with zero attached hydrogens (tertiary/aromatic N) is 1. The molecule has 0 aromatic heterocycles. The molecule has 1 fully saturated rings. The molecule has 11 heavy (non-hydrogen) atoms. The molecule has 0 bridgehead atoms. The third kappa shape index (κ3) is 5.31. The quantitative estimate of drug-likeness (QED) is 0.523. The van der Waals surface area contributed by atoms with Gasteiger partial charge in [0, 0.05) is 14.5 Å². The average Bonchev–Trinajstić information content (AvgIpc) is 2.42. The lowest BCUT2D eigenvalue weighted by atomic mass is 10.3. The molecule has 0 amide bonds. The van der Waals surface area contributed by atoms with Gasteiger partial charge in [-0.05, 0) is 39.8 Å². The Bertz CT molecular complexity index is 68.0. The second kappa shape index (κ2) is 8.12. The monoisotopic (exact) mass is 154 g/mol. The topological polar surface area (TPSA) is 3.24 Å². The third-order valence-corrected chi connectivity index (χ3v) is 1.87. The van der Waals surface area contributed by atoms with Gasteiger partial charge in [0.1, 0.15) is 0 Å². The summed E-state index contributed by atoms with van der Waals surface area (Å²) in [5.41, 5.74) is 0. The van der Waals surface area contributed by atoms with Crippen LogP contribution >= 0.6 is 0 Å². The van der Waals surface area contributed by atoms with Gasteiger partial charge in [-0.15, -0.1) is 0 Å². The van der Waals surface area contributed by atoms with Crippen LogP contribution in [0.3, 0.4) is 0 Å². The Morgan fingerprint density at radius 3 is 1.55 bits per heavy atom. The van der Waals surface area contributed by atoms with E-state index in [0.29, 0.717) is 0 Å². The van der Waals surface area contributed by atoms with Crippen LogP contribution in [0.25, 0.3) is 0 Å².